The van der Waals surface area contributed by atoms with Gasteiger partial charge in [-0.25, -0.2) is 0 Å². The first-order valence-corrected chi connectivity index (χ1v) is 7.81. The van der Waals surface area contributed by atoms with Gasteiger partial charge >= 0.3 is 0 Å². The van der Waals surface area contributed by atoms with Crippen LogP contribution in [-0.2, 0) is 9.59 Å². The Hall–Kier alpha value is -2.02. The molecule has 0 saturated heterocycles. The minimum absolute atomic E-state index is 0.0776. The zero-order valence-corrected chi connectivity index (χ0v) is 13.8. The second-order valence-corrected chi connectivity index (χ2v) is 6.77. The minimum atomic E-state index is -0.609. The number of nitrogens with zero attached hydrogens (tertiary/aromatic N) is 1. The van der Waals surface area contributed by atoms with Gasteiger partial charge in [0.15, 0.2) is 0 Å². The van der Waals surface area contributed by atoms with Crippen molar-refractivity contribution in [1.82, 2.24) is 10.2 Å². The third-order valence-electron chi connectivity index (χ3n) is 3.33. The van der Waals surface area contributed by atoms with Crippen molar-refractivity contribution in [3.05, 3.63) is 23.8 Å². The van der Waals surface area contributed by atoms with E-state index in [0.29, 0.717) is 11.3 Å². The number of carbonyl (C=O) groups is 3. The van der Waals surface area contributed by atoms with Gasteiger partial charge in [0.05, 0.1) is 10.9 Å². The van der Waals surface area contributed by atoms with Gasteiger partial charge < -0.3 is 15.5 Å². The molecule has 118 valence electrons. The first-order chi connectivity index (χ1) is 10.3. The minimum Gasteiger partial charge on any atom is -0.347 e. The number of rotatable bonds is 3. The van der Waals surface area contributed by atoms with Crippen molar-refractivity contribution in [2.45, 2.75) is 30.0 Å². The Kier molecular flexibility index (Phi) is 4.75. The number of hydrogen-bond acceptors (Lipinski definition) is 4. The number of hydrogen-bond donors (Lipinski definition) is 2. The van der Waals surface area contributed by atoms with Crippen molar-refractivity contribution >= 4 is 35.2 Å². The van der Waals surface area contributed by atoms with E-state index in [2.05, 4.69) is 10.6 Å². The lowest BCUT2D eigenvalue weighted by atomic mass is 10.1. The monoisotopic (exact) mass is 321 g/mol. The molecule has 0 aliphatic carbocycles. The second kappa shape index (κ2) is 6.39. The molecule has 1 aromatic rings. The van der Waals surface area contributed by atoms with Crippen molar-refractivity contribution in [2.75, 3.05) is 19.4 Å². The van der Waals surface area contributed by atoms with Gasteiger partial charge in [-0.2, -0.15) is 0 Å². The molecule has 0 unspecified atom stereocenters. The lowest BCUT2D eigenvalue weighted by molar-refractivity contribution is -0.130. The SMILES string of the molecule is C[C@@H]1Sc2ccc(C(=O)N[C@H](C)C(=O)N(C)C)cc2NC1=O. The highest BCUT2D eigenvalue weighted by Crippen LogP contribution is 2.35. The first-order valence-electron chi connectivity index (χ1n) is 6.93. The third-order valence-corrected chi connectivity index (χ3v) is 4.51. The molecule has 0 aromatic heterocycles. The van der Waals surface area contributed by atoms with E-state index >= 15 is 0 Å². The Bertz CT molecular complexity index is 630. The number of carbonyl (C=O) groups excluding carboxylic acids is 3. The molecule has 0 bridgehead atoms. The molecule has 1 aliphatic heterocycles. The van der Waals surface area contributed by atoms with E-state index in [0.717, 1.165) is 4.90 Å². The number of likely N-dealkylation sites (N-methyl/N-ethyl adjacent to an activating group) is 1. The summed E-state index contributed by atoms with van der Waals surface area (Å²) < 4.78 is 0. The van der Waals surface area contributed by atoms with Gasteiger partial charge in [-0.1, -0.05) is 0 Å². The molecule has 0 spiro atoms. The van der Waals surface area contributed by atoms with Gasteiger partial charge in [-0.3, -0.25) is 14.4 Å². The number of amides is 3. The van der Waals surface area contributed by atoms with Crippen LogP contribution in [0.5, 0.6) is 0 Å². The summed E-state index contributed by atoms with van der Waals surface area (Å²) in [5.41, 5.74) is 1.04. The van der Waals surface area contributed by atoms with Crippen molar-refractivity contribution in [2.24, 2.45) is 0 Å². The zero-order chi connectivity index (χ0) is 16.4. The van der Waals surface area contributed by atoms with E-state index in [4.69, 9.17) is 0 Å². The lowest BCUT2D eigenvalue weighted by Crippen LogP contribution is -2.44. The maximum Gasteiger partial charge on any atom is 0.251 e. The lowest BCUT2D eigenvalue weighted by Gasteiger charge is -2.22. The van der Waals surface area contributed by atoms with E-state index in [9.17, 15) is 14.4 Å². The molecule has 6 nitrogen and oxygen atoms in total. The summed E-state index contributed by atoms with van der Waals surface area (Å²) in [7, 11) is 3.27. The molecule has 1 heterocycles. The molecule has 0 radical (unpaired) electrons. The van der Waals surface area contributed by atoms with Crippen LogP contribution in [-0.4, -0.2) is 48.0 Å². The largest absolute Gasteiger partial charge is 0.347 e. The quantitative estimate of drug-likeness (QED) is 0.880. The molecular weight excluding hydrogens is 302 g/mol. The molecule has 3 amide bonds. The Morgan fingerprint density at radius 3 is 2.68 bits per heavy atom. The fraction of sp³-hybridized carbons (Fsp3) is 0.400. The van der Waals surface area contributed by atoms with E-state index in [-0.39, 0.29) is 23.0 Å². The average Bonchev–Trinajstić information content (AvgIpc) is 2.46. The summed E-state index contributed by atoms with van der Waals surface area (Å²) in [6.45, 7) is 3.47. The number of fused-ring (bicyclic) bond motifs is 1. The van der Waals surface area contributed by atoms with Crippen LogP contribution in [0.2, 0.25) is 0 Å². The average molecular weight is 321 g/mol. The van der Waals surface area contributed by atoms with E-state index in [1.165, 1.54) is 16.7 Å². The van der Waals surface area contributed by atoms with Crippen LogP contribution in [0.4, 0.5) is 5.69 Å². The summed E-state index contributed by atoms with van der Waals surface area (Å²) in [4.78, 5) is 38.0. The van der Waals surface area contributed by atoms with Gasteiger partial charge in [0, 0.05) is 24.6 Å². The topological polar surface area (TPSA) is 78.5 Å². The maximum absolute atomic E-state index is 12.2. The van der Waals surface area contributed by atoms with Crippen molar-refractivity contribution in [1.29, 1.82) is 0 Å². The highest BCUT2D eigenvalue weighted by atomic mass is 32.2. The highest BCUT2D eigenvalue weighted by molar-refractivity contribution is 8.00. The Morgan fingerprint density at radius 1 is 1.36 bits per heavy atom. The molecule has 7 heteroatoms. The van der Waals surface area contributed by atoms with Crippen molar-refractivity contribution < 1.29 is 14.4 Å². The molecule has 1 aromatic carbocycles. The van der Waals surface area contributed by atoms with Crippen LogP contribution in [0.1, 0.15) is 24.2 Å². The van der Waals surface area contributed by atoms with E-state index < -0.39 is 6.04 Å². The van der Waals surface area contributed by atoms with Crippen LogP contribution in [0.3, 0.4) is 0 Å². The van der Waals surface area contributed by atoms with Crippen LogP contribution >= 0.6 is 11.8 Å². The molecule has 22 heavy (non-hydrogen) atoms. The number of benzene rings is 1. The molecular formula is C15H19N3O3S. The maximum atomic E-state index is 12.2. The van der Waals surface area contributed by atoms with Crippen LogP contribution in [0.15, 0.2) is 23.1 Å². The van der Waals surface area contributed by atoms with Crippen LogP contribution in [0, 0.1) is 0 Å². The summed E-state index contributed by atoms with van der Waals surface area (Å²) in [5.74, 6) is -0.599. The second-order valence-electron chi connectivity index (χ2n) is 5.39. The van der Waals surface area contributed by atoms with Gasteiger partial charge in [-0.05, 0) is 32.0 Å². The van der Waals surface area contributed by atoms with E-state index in [1.54, 1.807) is 33.2 Å². The molecule has 1 aliphatic rings. The smallest absolute Gasteiger partial charge is 0.251 e. The van der Waals surface area contributed by atoms with Crippen molar-refractivity contribution in [3.63, 3.8) is 0 Å². The van der Waals surface area contributed by atoms with Gasteiger partial charge in [0.1, 0.15) is 6.04 Å². The third kappa shape index (κ3) is 3.41. The molecule has 2 atom stereocenters. The number of anilines is 1. The van der Waals surface area contributed by atoms with Crippen LogP contribution < -0.4 is 10.6 Å². The molecule has 0 fully saturated rings. The van der Waals surface area contributed by atoms with Gasteiger partial charge in [0.25, 0.3) is 5.91 Å². The zero-order valence-electron chi connectivity index (χ0n) is 13.0. The van der Waals surface area contributed by atoms with Gasteiger partial charge in [0.2, 0.25) is 11.8 Å². The predicted octanol–water partition coefficient (Wildman–Crippen LogP) is 1.33. The Morgan fingerprint density at radius 2 is 2.05 bits per heavy atom. The number of thioether (sulfide) groups is 1. The van der Waals surface area contributed by atoms with Crippen LogP contribution in [0.25, 0.3) is 0 Å². The summed E-state index contributed by atoms with van der Waals surface area (Å²) in [5, 5.41) is 5.29. The summed E-state index contributed by atoms with van der Waals surface area (Å²) >= 11 is 1.46. The summed E-state index contributed by atoms with van der Waals surface area (Å²) in [6.07, 6.45) is 0. The fourth-order valence-corrected chi connectivity index (χ4v) is 3.01. The summed E-state index contributed by atoms with van der Waals surface area (Å²) in [6, 6.07) is 4.53. The standard InChI is InChI=1S/C15H19N3O3S/c1-8(15(21)18(3)4)16-14(20)10-5-6-12-11(7-10)17-13(19)9(2)22-12/h5-9H,1-4H3,(H,16,20)(H,17,19)/t8-,9+/m1/s1. The molecule has 2 rings (SSSR count). The predicted molar refractivity (Wildman–Crippen MR) is 86.0 cm³/mol. The van der Waals surface area contributed by atoms with E-state index in [1.807, 2.05) is 13.0 Å². The number of nitrogens with one attached hydrogen (secondary N) is 2. The fourth-order valence-electron chi connectivity index (χ4n) is 2.08. The molecule has 0 saturated carbocycles. The normalized spacial score (nSPS) is 18.0. The molecule has 2 N–H and O–H groups in total. The first kappa shape index (κ1) is 16.4. The Labute approximate surface area is 133 Å². The Balaban J connectivity index is 2.13. The van der Waals surface area contributed by atoms with Crippen molar-refractivity contribution in [3.8, 4) is 0 Å². The van der Waals surface area contributed by atoms with Gasteiger partial charge in [-0.15, -0.1) is 11.8 Å². The highest BCUT2D eigenvalue weighted by Gasteiger charge is 2.24.